The van der Waals surface area contributed by atoms with Crippen molar-refractivity contribution in [3.63, 3.8) is 0 Å². The Morgan fingerprint density at radius 2 is 1.91 bits per heavy atom. The minimum Gasteiger partial charge on any atom is -0.317 e. The van der Waals surface area contributed by atoms with Gasteiger partial charge < -0.3 is 4.57 Å². The Hall–Kier alpha value is -2.20. The highest BCUT2D eigenvalue weighted by atomic mass is 32.1. The number of amides is 1. The number of hydrogen-bond donors (Lipinski definition) is 0. The van der Waals surface area contributed by atoms with Crippen molar-refractivity contribution < 1.29 is 4.79 Å². The SMILES string of the molecule is CCn1c(=NC(=O)c2cccc(C)c2)sc2cc(C)ccc21. The van der Waals surface area contributed by atoms with Crippen LogP contribution in [0.1, 0.15) is 28.4 Å². The Balaban J connectivity index is 2.14. The van der Waals surface area contributed by atoms with Gasteiger partial charge >= 0.3 is 0 Å². The molecule has 0 aliphatic heterocycles. The molecule has 4 heteroatoms. The maximum absolute atomic E-state index is 12.4. The predicted molar refractivity (Wildman–Crippen MR) is 91.3 cm³/mol. The fourth-order valence-electron chi connectivity index (χ4n) is 2.50. The lowest BCUT2D eigenvalue weighted by atomic mass is 10.1. The van der Waals surface area contributed by atoms with Crippen molar-refractivity contribution in [3.8, 4) is 0 Å². The molecular formula is C18H18N2OS. The van der Waals surface area contributed by atoms with Gasteiger partial charge in [-0.05, 0) is 50.6 Å². The minimum absolute atomic E-state index is 0.186. The molecule has 0 aliphatic rings. The first kappa shape index (κ1) is 14.7. The van der Waals surface area contributed by atoms with E-state index in [-0.39, 0.29) is 5.91 Å². The van der Waals surface area contributed by atoms with Gasteiger partial charge in [0.25, 0.3) is 5.91 Å². The van der Waals surface area contributed by atoms with Crippen LogP contribution in [-0.4, -0.2) is 10.5 Å². The molecule has 1 heterocycles. The summed E-state index contributed by atoms with van der Waals surface area (Å²) in [5.41, 5.74) is 4.05. The van der Waals surface area contributed by atoms with Crippen LogP contribution in [0.4, 0.5) is 0 Å². The molecule has 0 aliphatic carbocycles. The summed E-state index contributed by atoms with van der Waals surface area (Å²) in [7, 11) is 0. The van der Waals surface area contributed by atoms with Crippen LogP contribution in [0.15, 0.2) is 47.5 Å². The van der Waals surface area contributed by atoms with E-state index in [2.05, 4.69) is 41.6 Å². The highest BCUT2D eigenvalue weighted by molar-refractivity contribution is 7.16. The number of hydrogen-bond acceptors (Lipinski definition) is 2. The summed E-state index contributed by atoms with van der Waals surface area (Å²) in [6.45, 7) is 6.92. The van der Waals surface area contributed by atoms with Crippen molar-refractivity contribution in [2.75, 3.05) is 0 Å². The number of aromatic nitrogens is 1. The maximum Gasteiger partial charge on any atom is 0.279 e. The zero-order chi connectivity index (χ0) is 15.7. The van der Waals surface area contributed by atoms with Crippen molar-refractivity contribution in [1.29, 1.82) is 0 Å². The third-order valence-electron chi connectivity index (χ3n) is 3.62. The van der Waals surface area contributed by atoms with Gasteiger partial charge in [0.05, 0.1) is 10.2 Å². The lowest BCUT2D eigenvalue weighted by Gasteiger charge is -2.01. The van der Waals surface area contributed by atoms with Gasteiger partial charge in [-0.25, -0.2) is 0 Å². The first-order valence-electron chi connectivity index (χ1n) is 7.34. The Morgan fingerprint density at radius 1 is 1.14 bits per heavy atom. The van der Waals surface area contributed by atoms with Crippen molar-refractivity contribution in [2.24, 2.45) is 4.99 Å². The maximum atomic E-state index is 12.4. The Kier molecular flexibility index (Phi) is 3.94. The Labute approximate surface area is 133 Å². The minimum atomic E-state index is -0.186. The van der Waals surface area contributed by atoms with Gasteiger partial charge in [-0.2, -0.15) is 4.99 Å². The van der Waals surface area contributed by atoms with Crippen LogP contribution < -0.4 is 4.80 Å². The van der Waals surface area contributed by atoms with Crippen LogP contribution in [0.5, 0.6) is 0 Å². The molecule has 0 saturated carbocycles. The molecule has 3 rings (SSSR count). The molecule has 0 fully saturated rings. The molecule has 0 atom stereocenters. The number of carbonyl (C=O) groups is 1. The molecule has 3 aromatic rings. The second-order valence-corrected chi connectivity index (χ2v) is 6.40. The molecule has 0 radical (unpaired) electrons. The summed E-state index contributed by atoms with van der Waals surface area (Å²) in [4.78, 5) is 17.5. The smallest absolute Gasteiger partial charge is 0.279 e. The molecule has 112 valence electrons. The zero-order valence-electron chi connectivity index (χ0n) is 13.0. The lowest BCUT2D eigenvalue weighted by molar-refractivity contribution is 0.0998. The van der Waals surface area contributed by atoms with Crippen LogP contribution in [0, 0.1) is 13.8 Å². The fourth-order valence-corrected chi connectivity index (χ4v) is 3.69. The number of benzene rings is 2. The van der Waals surface area contributed by atoms with Gasteiger partial charge in [0.1, 0.15) is 0 Å². The standard InChI is InChI=1S/C18H18N2OS/c1-4-20-15-9-8-13(3)11-16(15)22-18(20)19-17(21)14-7-5-6-12(2)10-14/h5-11H,4H2,1-3H3. The van der Waals surface area contributed by atoms with Crippen molar-refractivity contribution in [1.82, 2.24) is 4.57 Å². The van der Waals surface area contributed by atoms with Gasteiger partial charge in [-0.1, -0.05) is 35.1 Å². The quantitative estimate of drug-likeness (QED) is 0.702. The van der Waals surface area contributed by atoms with E-state index in [1.165, 1.54) is 5.56 Å². The molecule has 0 saturated heterocycles. The molecule has 3 nitrogen and oxygen atoms in total. The van der Waals surface area contributed by atoms with Crippen molar-refractivity contribution in [3.05, 3.63) is 64.0 Å². The molecule has 2 aromatic carbocycles. The summed E-state index contributed by atoms with van der Waals surface area (Å²) < 4.78 is 3.25. The van der Waals surface area contributed by atoms with E-state index in [0.29, 0.717) is 5.56 Å². The van der Waals surface area contributed by atoms with Crippen LogP contribution in [0.25, 0.3) is 10.2 Å². The summed E-state index contributed by atoms with van der Waals surface area (Å²) in [5, 5.41) is 0. The molecule has 1 aromatic heterocycles. The average molecular weight is 310 g/mol. The summed E-state index contributed by atoms with van der Waals surface area (Å²) in [5.74, 6) is -0.186. The van der Waals surface area contributed by atoms with Crippen molar-refractivity contribution in [2.45, 2.75) is 27.3 Å². The van der Waals surface area contributed by atoms with E-state index >= 15 is 0 Å². The van der Waals surface area contributed by atoms with Gasteiger partial charge in [0, 0.05) is 12.1 Å². The molecule has 0 spiro atoms. The number of fused-ring (bicyclic) bond motifs is 1. The first-order chi connectivity index (χ1) is 10.6. The zero-order valence-corrected chi connectivity index (χ0v) is 13.8. The molecular weight excluding hydrogens is 292 g/mol. The largest absolute Gasteiger partial charge is 0.317 e. The number of rotatable bonds is 2. The van der Waals surface area contributed by atoms with E-state index in [1.807, 2.05) is 31.2 Å². The van der Waals surface area contributed by atoms with Crippen LogP contribution >= 0.6 is 11.3 Å². The third kappa shape index (κ3) is 2.74. The van der Waals surface area contributed by atoms with Crippen LogP contribution in [-0.2, 0) is 6.54 Å². The topological polar surface area (TPSA) is 34.4 Å². The van der Waals surface area contributed by atoms with E-state index in [0.717, 1.165) is 27.1 Å². The van der Waals surface area contributed by atoms with Crippen molar-refractivity contribution >= 4 is 27.5 Å². The highest BCUT2D eigenvalue weighted by Crippen LogP contribution is 2.19. The molecule has 1 amide bonds. The predicted octanol–water partition coefficient (Wildman–Crippen LogP) is 4.08. The summed E-state index contributed by atoms with van der Waals surface area (Å²) >= 11 is 1.57. The molecule has 22 heavy (non-hydrogen) atoms. The average Bonchev–Trinajstić information content (AvgIpc) is 2.83. The lowest BCUT2D eigenvalue weighted by Crippen LogP contribution is -2.15. The highest BCUT2D eigenvalue weighted by Gasteiger charge is 2.08. The monoisotopic (exact) mass is 310 g/mol. The normalized spacial score (nSPS) is 12.0. The van der Waals surface area contributed by atoms with Gasteiger partial charge in [-0.15, -0.1) is 0 Å². The summed E-state index contributed by atoms with van der Waals surface area (Å²) in [6, 6.07) is 13.9. The van der Waals surface area contributed by atoms with E-state index in [9.17, 15) is 4.79 Å². The number of aryl methyl sites for hydroxylation is 3. The Morgan fingerprint density at radius 3 is 2.64 bits per heavy atom. The number of thiazole rings is 1. The molecule has 0 bridgehead atoms. The second kappa shape index (κ2) is 5.89. The molecule has 0 N–H and O–H groups in total. The van der Waals surface area contributed by atoms with Gasteiger partial charge in [-0.3, -0.25) is 4.79 Å². The molecule has 0 unspecified atom stereocenters. The van der Waals surface area contributed by atoms with E-state index < -0.39 is 0 Å². The van der Waals surface area contributed by atoms with Gasteiger partial charge in [0.2, 0.25) is 0 Å². The van der Waals surface area contributed by atoms with Crippen LogP contribution in [0.2, 0.25) is 0 Å². The number of nitrogens with zero attached hydrogens (tertiary/aromatic N) is 2. The van der Waals surface area contributed by atoms with E-state index in [1.54, 1.807) is 11.3 Å². The third-order valence-corrected chi connectivity index (χ3v) is 4.66. The fraction of sp³-hybridized carbons (Fsp3) is 0.222. The summed E-state index contributed by atoms with van der Waals surface area (Å²) in [6.07, 6.45) is 0. The van der Waals surface area contributed by atoms with E-state index in [4.69, 9.17) is 0 Å². The van der Waals surface area contributed by atoms with Crippen LogP contribution in [0.3, 0.4) is 0 Å². The number of carbonyl (C=O) groups excluding carboxylic acids is 1. The van der Waals surface area contributed by atoms with Gasteiger partial charge in [0.15, 0.2) is 4.80 Å². The second-order valence-electron chi connectivity index (χ2n) is 5.39. The first-order valence-corrected chi connectivity index (χ1v) is 8.16. The Bertz CT molecular complexity index is 918.